The van der Waals surface area contributed by atoms with Crippen LogP contribution >= 0.6 is 0 Å². The molecule has 1 saturated heterocycles. The van der Waals surface area contributed by atoms with Crippen LogP contribution in [-0.2, 0) is 33.9 Å². The number of methoxy groups -OCH3 is 1. The van der Waals surface area contributed by atoms with Crippen molar-refractivity contribution >= 4 is 26.1 Å². The smallest absolute Gasteiger partial charge is 0.324 e. The largest absolute Gasteiger partial charge is 0.468 e. The number of esters is 1. The van der Waals surface area contributed by atoms with Crippen molar-refractivity contribution in [1.82, 2.24) is 4.31 Å². The Balaban J connectivity index is 2.35. The van der Waals surface area contributed by atoms with Gasteiger partial charge in [0.15, 0.2) is 0 Å². The van der Waals surface area contributed by atoms with Crippen LogP contribution in [0.4, 0.5) is 0 Å². The van der Waals surface area contributed by atoms with Crippen LogP contribution in [-0.4, -0.2) is 59.2 Å². The number of carbonyl (C=O) groups is 1. The topological polar surface area (TPSA) is 107 Å². The highest BCUT2D eigenvalue weighted by Gasteiger charge is 2.46. The number of benzene rings is 1. The number of ether oxygens (including phenoxy) is 1. The molecule has 0 amide bonds. The number of nitrogens with zero attached hydrogens (tertiary/aromatic N) is 1. The molecule has 0 N–H and O–H groups in total. The number of hydrogen-bond donors (Lipinski definition) is 0. The Labute approximate surface area is 135 Å². The van der Waals surface area contributed by atoms with Gasteiger partial charge < -0.3 is 4.74 Å². The van der Waals surface area contributed by atoms with Crippen molar-refractivity contribution in [2.75, 3.05) is 19.9 Å². The van der Waals surface area contributed by atoms with Crippen LogP contribution in [0.25, 0.3) is 0 Å². The van der Waals surface area contributed by atoms with Crippen LogP contribution in [0.15, 0.2) is 35.2 Å². The van der Waals surface area contributed by atoms with E-state index in [1.54, 1.807) is 18.2 Å². The molecule has 1 aromatic rings. The standard InChI is InChI=1S/C13H17NO7S2/c1-20-13(15)12-8-10(21-22(2,16)17)9-14(12)23(18,19)11-6-4-3-5-7-11/h3-7,10,12H,8-9H2,1-2H3/t10-,12+/m1/s1. The van der Waals surface area contributed by atoms with Crippen molar-refractivity contribution in [2.45, 2.75) is 23.5 Å². The molecule has 0 aromatic heterocycles. The Morgan fingerprint density at radius 3 is 2.30 bits per heavy atom. The molecule has 128 valence electrons. The first-order chi connectivity index (χ1) is 10.6. The molecule has 1 aliphatic rings. The Hall–Kier alpha value is -1.49. The molecule has 1 aliphatic heterocycles. The minimum atomic E-state index is -3.97. The monoisotopic (exact) mass is 363 g/mol. The number of carbonyl (C=O) groups excluding carboxylic acids is 1. The summed E-state index contributed by atoms with van der Waals surface area (Å²) in [6.07, 6.45) is -0.159. The van der Waals surface area contributed by atoms with Crippen molar-refractivity contribution in [3.05, 3.63) is 30.3 Å². The second kappa shape index (κ2) is 6.56. The van der Waals surface area contributed by atoms with E-state index in [4.69, 9.17) is 4.18 Å². The van der Waals surface area contributed by atoms with Crippen molar-refractivity contribution in [1.29, 1.82) is 0 Å². The molecule has 2 rings (SSSR count). The molecule has 0 bridgehead atoms. The van der Waals surface area contributed by atoms with Gasteiger partial charge >= 0.3 is 5.97 Å². The second-order valence-electron chi connectivity index (χ2n) is 5.08. The summed E-state index contributed by atoms with van der Waals surface area (Å²) in [7, 11) is -6.61. The molecule has 10 heteroatoms. The predicted molar refractivity (Wildman–Crippen MR) is 80.5 cm³/mol. The van der Waals surface area contributed by atoms with E-state index >= 15 is 0 Å². The summed E-state index contributed by atoms with van der Waals surface area (Å²) in [5, 5.41) is 0. The van der Waals surface area contributed by atoms with Gasteiger partial charge in [-0.1, -0.05) is 18.2 Å². The Morgan fingerprint density at radius 2 is 1.78 bits per heavy atom. The quantitative estimate of drug-likeness (QED) is 0.534. The van der Waals surface area contributed by atoms with E-state index in [1.807, 2.05) is 0 Å². The van der Waals surface area contributed by atoms with E-state index in [-0.39, 0.29) is 17.9 Å². The van der Waals surface area contributed by atoms with Crippen molar-refractivity contribution < 1.29 is 30.6 Å². The lowest BCUT2D eigenvalue weighted by molar-refractivity contribution is -0.144. The van der Waals surface area contributed by atoms with E-state index in [2.05, 4.69) is 4.74 Å². The third kappa shape index (κ3) is 4.08. The van der Waals surface area contributed by atoms with E-state index in [0.29, 0.717) is 0 Å². The summed E-state index contributed by atoms with van der Waals surface area (Å²) in [6, 6.07) is 6.44. The lowest BCUT2D eigenvalue weighted by atomic mass is 10.2. The summed E-state index contributed by atoms with van der Waals surface area (Å²) >= 11 is 0. The van der Waals surface area contributed by atoms with Crippen LogP contribution in [0.5, 0.6) is 0 Å². The fourth-order valence-electron chi connectivity index (χ4n) is 2.43. The first-order valence-electron chi connectivity index (χ1n) is 6.68. The molecule has 0 aliphatic carbocycles. The highest BCUT2D eigenvalue weighted by atomic mass is 32.2. The molecule has 0 radical (unpaired) electrons. The minimum Gasteiger partial charge on any atom is -0.468 e. The van der Waals surface area contributed by atoms with Crippen LogP contribution in [0.3, 0.4) is 0 Å². The van der Waals surface area contributed by atoms with E-state index in [9.17, 15) is 21.6 Å². The van der Waals surface area contributed by atoms with Gasteiger partial charge in [0, 0.05) is 13.0 Å². The summed E-state index contributed by atoms with van der Waals surface area (Å²) in [4.78, 5) is 11.9. The van der Waals surface area contributed by atoms with Crippen LogP contribution in [0, 0.1) is 0 Å². The van der Waals surface area contributed by atoms with Crippen LogP contribution in [0.2, 0.25) is 0 Å². The number of sulfonamides is 1. The summed E-state index contributed by atoms with van der Waals surface area (Å²) in [5.41, 5.74) is 0. The molecule has 0 unspecified atom stereocenters. The normalized spacial score (nSPS) is 22.9. The maximum absolute atomic E-state index is 12.7. The Bertz CT molecular complexity index is 774. The van der Waals surface area contributed by atoms with Gasteiger partial charge in [0.25, 0.3) is 10.1 Å². The number of rotatable bonds is 5. The van der Waals surface area contributed by atoms with E-state index in [0.717, 1.165) is 17.7 Å². The molecule has 1 heterocycles. The lowest BCUT2D eigenvalue weighted by Gasteiger charge is -2.21. The third-order valence-electron chi connectivity index (χ3n) is 3.35. The molecule has 2 atom stereocenters. The average Bonchev–Trinajstić information content (AvgIpc) is 2.90. The zero-order valence-electron chi connectivity index (χ0n) is 12.6. The first-order valence-corrected chi connectivity index (χ1v) is 9.94. The van der Waals surface area contributed by atoms with Gasteiger partial charge in [-0.05, 0) is 12.1 Å². The lowest BCUT2D eigenvalue weighted by Crippen LogP contribution is -2.41. The van der Waals surface area contributed by atoms with Crippen molar-refractivity contribution in [3.63, 3.8) is 0 Å². The van der Waals surface area contributed by atoms with Gasteiger partial charge in [0.05, 0.1) is 24.4 Å². The van der Waals surface area contributed by atoms with Crippen LogP contribution in [0.1, 0.15) is 6.42 Å². The second-order valence-corrected chi connectivity index (χ2v) is 8.58. The molecule has 23 heavy (non-hydrogen) atoms. The highest BCUT2D eigenvalue weighted by Crippen LogP contribution is 2.29. The van der Waals surface area contributed by atoms with Crippen LogP contribution < -0.4 is 0 Å². The van der Waals surface area contributed by atoms with Gasteiger partial charge in [0.2, 0.25) is 10.0 Å². The van der Waals surface area contributed by atoms with E-state index < -0.39 is 38.3 Å². The summed E-state index contributed by atoms with van der Waals surface area (Å²) in [5.74, 6) is -0.760. The van der Waals surface area contributed by atoms with E-state index in [1.165, 1.54) is 12.1 Å². The van der Waals surface area contributed by atoms with Gasteiger partial charge in [-0.15, -0.1) is 0 Å². The predicted octanol–water partition coefficient (Wildman–Crippen LogP) is -0.0326. The summed E-state index contributed by atoms with van der Waals surface area (Å²) in [6.45, 7) is -0.246. The third-order valence-corrected chi connectivity index (χ3v) is 5.86. The molecule has 8 nitrogen and oxygen atoms in total. The number of hydrogen-bond acceptors (Lipinski definition) is 7. The highest BCUT2D eigenvalue weighted by molar-refractivity contribution is 7.89. The molecule has 1 fully saturated rings. The van der Waals surface area contributed by atoms with Gasteiger partial charge in [-0.2, -0.15) is 12.7 Å². The van der Waals surface area contributed by atoms with Gasteiger partial charge in [0.1, 0.15) is 6.04 Å². The Kier molecular flexibility index (Phi) is 5.09. The summed E-state index contributed by atoms with van der Waals surface area (Å²) < 4.78 is 58.3. The van der Waals surface area contributed by atoms with Gasteiger partial charge in [-0.25, -0.2) is 8.42 Å². The molecule has 0 saturated carbocycles. The average molecular weight is 363 g/mol. The molecular formula is C13H17NO7S2. The fourth-order valence-corrected chi connectivity index (χ4v) is 4.70. The maximum Gasteiger partial charge on any atom is 0.324 e. The minimum absolute atomic E-state index is 0.00825. The van der Waals surface area contributed by atoms with Crippen molar-refractivity contribution in [2.24, 2.45) is 0 Å². The fraction of sp³-hybridized carbons (Fsp3) is 0.462. The molecule has 0 spiro atoms. The zero-order chi connectivity index (χ0) is 17.3. The molecule has 1 aromatic carbocycles. The van der Waals surface area contributed by atoms with Gasteiger partial charge in [-0.3, -0.25) is 8.98 Å². The maximum atomic E-state index is 12.7. The zero-order valence-corrected chi connectivity index (χ0v) is 14.2. The first kappa shape index (κ1) is 17.9. The molecular weight excluding hydrogens is 346 g/mol. The van der Waals surface area contributed by atoms with Crippen molar-refractivity contribution in [3.8, 4) is 0 Å². The Morgan fingerprint density at radius 1 is 1.17 bits per heavy atom. The SMILES string of the molecule is COC(=O)[C@@H]1C[C@@H](OS(C)(=O)=O)CN1S(=O)(=O)c1ccccc1.